The quantitative estimate of drug-likeness (QED) is 0.878. The Balaban J connectivity index is 2.09. The van der Waals surface area contributed by atoms with Crippen molar-refractivity contribution in [3.63, 3.8) is 0 Å². The first-order valence-electron chi connectivity index (χ1n) is 4.75. The molecule has 0 unspecified atom stereocenters. The number of fused-ring (bicyclic) bond motifs is 1. The van der Waals surface area contributed by atoms with Gasteiger partial charge in [0.25, 0.3) is 0 Å². The second kappa shape index (κ2) is 4.93. The Morgan fingerprint density at radius 3 is 2.40 bits per heavy atom. The van der Waals surface area contributed by atoms with Crippen LogP contribution in [0.5, 0.6) is 0 Å². The van der Waals surface area contributed by atoms with Crippen LogP contribution in [0.25, 0.3) is 0 Å². The van der Waals surface area contributed by atoms with Gasteiger partial charge in [-0.3, -0.25) is 0 Å². The Labute approximate surface area is 97.7 Å². The van der Waals surface area contributed by atoms with Crippen LogP contribution in [0, 0.1) is 17.2 Å². The minimum Gasteiger partial charge on any atom is -0.396 e. The lowest BCUT2D eigenvalue weighted by Crippen LogP contribution is -2.15. The average molecular weight is 237 g/mol. The summed E-state index contributed by atoms with van der Waals surface area (Å²) in [6.07, 6.45) is 0.426. The number of aliphatic hydroxyl groups is 1. The summed E-state index contributed by atoms with van der Waals surface area (Å²) in [6, 6.07) is 10.4. The van der Waals surface area contributed by atoms with Crippen molar-refractivity contribution in [3.8, 4) is 6.07 Å². The molecule has 0 radical (unpaired) electrons. The lowest BCUT2D eigenvalue weighted by atomic mass is 10.1. The predicted octanol–water partition coefficient (Wildman–Crippen LogP) is 2.73. The van der Waals surface area contributed by atoms with Crippen molar-refractivity contribution >= 4 is 23.5 Å². The van der Waals surface area contributed by atoms with Crippen LogP contribution in [-0.2, 0) is 0 Å². The lowest BCUT2D eigenvalue weighted by Gasteiger charge is -2.16. The smallest absolute Gasteiger partial charge is 0.0657 e. The van der Waals surface area contributed by atoms with E-state index in [2.05, 4.69) is 18.2 Å². The molecule has 1 heterocycles. The molecule has 0 aliphatic carbocycles. The van der Waals surface area contributed by atoms with E-state index in [1.54, 1.807) is 23.5 Å². The number of nitriles is 1. The molecule has 1 atom stereocenters. The highest BCUT2D eigenvalue weighted by molar-refractivity contribution is 8.19. The number of aliphatic hydroxyl groups excluding tert-OH is 1. The maximum absolute atomic E-state index is 9.22. The summed E-state index contributed by atoms with van der Waals surface area (Å²) in [5.41, 5.74) is 0. The van der Waals surface area contributed by atoms with E-state index in [-0.39, 0.29) is 17.1 Å². The van der Waals surface area contributed by atoms with Crippen LogP contribution < -0.4 is 0 Å². The number of thioether (sulfide) groups is 2. The zero-order valence-corrected chi connectivity index (χ0v) is 9.72. The van der Waals surface area contributed by atoms with Gasteiger partial charge in [-0.2, -0.15) is 5.26 Å². The highest BCUT2D eigenvalue weighted by Crippen LogP contribution is 2.50. The number of nitrogens with zero attached hydrogens (tertiary/aromatic N) is 1. The van der Waals surface area contributed by atoms with Crippen molar-refractivity contribution in [2.24, 2.45) is 5.92 Å². The van der Waals surface area contributed by atoms with E-state index in [9.17, 15) is 5.11 Å². The zero-order chi connectivity index (χ0) is 10.7. The summed E-state index contributed by atoms with van der Waals surface area (Å²) in [5.74, 6) is 0.0670. The molecule has 0 amide bonds. The Kier molecular flexibility index (Phi) is 3.57. The Bertz CT molecular complexity index is 363. The molecule has 78 valence electrons. The van der Waals surface area contributed by atoms with E-state index in [4.69, 9.17) is 5.26 Å². The van der Waals surface area contributed by atoms with Crippen LogP contribution in [-0.4, -0.2) is 16.3 Å². The van der Waals surface area contributed by atoms with Gasteiger partial charge in [-0.05, 0) is 12.1 Å². The van der Waals surface area contributed by atoms with Gasteiger partial charge in [-0.1, -0.05) is 12.1 Å². The molecule has 2 rings (SSSR count). The monoisotopic (exact) mass is 237 g/mol. The largest absolute Gasteiger partial charge is 0.396 e. The van der Waals surface area contributed by atoms with Crippen molar-refractivity contribution in [1.29, 1.82) is 5.26 Å². The van der Waals surface area contributed by atoms with Crippen LogP contribution in [0.4, 0.5) is 0 Å². The second-order valence-corrected chi connectivity index (χ2v) is 6.02. The predicted molar refractivity (Wildman–Crippen MR) is 62.7 cm³/mol. The van der Waals surface area contributed by atoms with Crippen molar-refractivity contribution in [1.82, 2.24) is 0 Å². The summed E-state index contributed by atoms with van der Waals surface area (Å²) in [5, 5.41) is 17.9. The first kappa shape index (κ1) is 10.9. The molecule has 0 saturated heterocycles. The molecule has 1 N–H and O–H groups in total. The molecule has 0 fully saturated rings. The maximum atomic E-state index is 9.22. The summed E-state index contributed by atoms with van der Waals surface area (Å²) < 4.78 is 0.284. The van der Waals surface area contributed by atoms with E-state index in [1.807, 2.05) is 12.1 Å². The molecule has 1 aliphatic rings. The number of hydrogen-bond acceptors (Lipinski definition) is 4. The molecule has 0 aromatic heterocycles. The first-order chi connectivity index (χ1) is 7.35. The topological polar surface area (TPSA) is 44.0 Å². The minimum absolute atomic E-state index is 0.0670. The molecule has 15 heavy (non-hydrogen) atoms. The van der Waals surface area contributed by atoms with E-state index in [1.165, 1.54) is 9.79 Å². The van der Waals surface area contributed by atoms with Crippen LogP contribution in [0.1, 0.15) is 6.42 Å². The number of hydrogen-bond donors (Lipinski definition) is 1. The number of rotatable bonds is 3. The highest BCUT2D eigenvalue weighted by atomic mass is 32.2. The summed E-state index contributed by atoms with van der Waals surface area (Å²) >= 11 is 3.52. The van der Waals surface area contributed by atoms with Gasteiger partial charge in [-0.15, -0.1) is 23.5 Å². The molecule has 0 spiro atoms. The molecule has 4 heteroatoms. The average Bonchev–Trinajstić information content (AvgIpc) is 2.69. The molecular formula is C11H11NOS2. The zero-order valence-electron chi connectivity index (χ0n) is 8.09. The molecule has 1 aromatic rings. The van der Waals surface area contributed by atoms with E-state index >= 15 is 0 Å². The molecule has 0 saturated carbocycles. The molecule has 1 aliphatic heterocycles. The van der Waals surface area contributed by atoms with Gasteiger partial charge in [0.1, 0.15) is 0 Å². The van der Waals surface area contributed by atoms with Crippen LogP contribution in [0.2, 0.25) is 0 Å². The second-order valence-electron chi connectivity index (χ2n) is 3.36. The Morgan fingerprint density at radius 2 is 1.93 bits per heavy atom. The van der Waals surface area contributed by atoms with Crippen molar-refractivity contribution in [2.75, 3.05) is 6.61 Å². The van der Waals surface area contributed by atoms with Crippen molar-refractivity contribution in [3.05, 3.63) is 24.3 Å². The van der Waals surface area contributed by atoms with Gasteiger partial charge in [0.15, 0.2) is 0 Å². The van der Waals surface area contributed by atoms with E-state index in [0.29, 0.717) is 6.42 Å². The van der Waals surface area contributed by atoms with Gasteiger partial charge < -0.3 is 5.11 Å². The van der Waals surface area contributed by atoms with E-state index in [0.717, 1.165) is 0 Å². The van der Waals surface area contributed by atoms with Crippen LogP contribution in [0.15, 0.2) is 34.1 Å². The Hall–Kier alpha value is -0.630. The maximum Gasteiger partial charge on any atom is 0.0657 e. The van der Waals surface area contributed by atoms with Gasteiger partial charge in [0.2, 0.25) is 0 Å². The van der Waals surface area contributed by atoms with Gasteiger partial charge in [0, 0.05) is 28.7 Å². The standard InChI is InChI=1S/C11H11NOS2/c12-6-5-8(7-13)11-14-9-3-1-2-4-10(9)15-11/h1-4,8,11,13H,5,7H2/t8-/m0/s1. The fourth-order valence-electron chi connectivity index (χ4n) is 1.48. The van der Waals surface area contributed by atoms with Crippen molar-refractivity contribution < 1.29 is 5.11 Å². The SMILES string of the molecule is N#CC[C@@H](CO)C1Sc2ccccc2S1. The molecule has 2 nitrogen and oxygen atoms in total. The van der Waals surface area contributed by atoms with E-state index < -0.39 is 0 Å². The summed E-state index contributed by atoms with van der Waals surface area (Å²) in [4.78, 5) is 2.53. The van der Waals surface area contributed by atoms with Gasteiger partial charge in [0.05, 0.1) is 10.7 Å². The third kappa shape index (κ3) is 2.31. The molecule has 0 bridgehead atoms. The van der Waals surface area contributed by atoms with Gasteiger partial charge in [-0.25, -0.2) is 0 Å². The van der Waals surface area contributed by atoms with Crippen LogP contribution >= 0.6 is 23.5 Å². The highest BCUT2D eigenvalue weighted by Gasteiger charge is 2.29. The van der Waals surface area contributed by atoms with Gasteiger partial charge >= 0.3 is 0 Å². The lowest BCUT2D eigenvalue weighted by molar-refractivity contribution is 0.238. The summed E-state index contributed by atoms with van der Waals surface area (Å²) in [6.45, 7) is 0.0895. The summed E-state index contributed by atoms with van der Waals surface area (Å²) in [7, 11) is 0. The fraction of sp³-hybridized carbons (Fsp3) is 0.364. The minimum atomic E-state index is 0.0670. The van der Waals surface area contributed by atoms with Crippen LogP contribution in [0.3, 0.4) is 0 Å². The third-order valence-corrected chi connectivity index (χ3v) is 5.47. The third-order valence-electron chi connectivity index (χ3n) is 2.31. The van der Waals surface area contributed by atoms with Crippen molar-refractivity contribution in [2.45, 2.75) is 20.8 Å². The number of benzene rings is 1. The fourth-order valence-corrected chi connectivity index (χ4v) is 4.51. The normalized spacial score (nSPS) is 17.1. The Morgan fingerprint density at radius 1 is 1.33 bits per heavy atom. The molecule has 1 aromatic carbocycles. The first-order valence-corrected chi connectivity index (χ1v) is 6.51. The molecular weight excluding hydrogens is 226 g/mol.